The first-order chi connectivity index (χ1) is 11.0. The molecule has 1 aliphatic carbocycles. The largest absolute Gasteiger partial charge is 0.372 e. The smallest absolute Gasteiger partial charge is 0.253 e. The molecule has 0 heterocycles. The van der Waals surface area contributed by atoms with Crippen LogP contribution >= 0.6 is 0 Å². The number of anilines is 2. The number of hydrogen-bond acceptors (Lipinski definition) is 4. The van der Waals surface area contributed by atoms with E-state index in [1.807, 2.05) is 0 Å². The van der Waals surface area contributed by atoms with Gasteiger partial charge in [-0.25, -0.2) is 0 Å². The normalized spacial score (nSPS) is 21.7. The van der Waals surface area contributed by atoms with Gasteiger partial charge in [-0.2, -0.15) is 0 Å². The summed E-state index contributed by atoms with van der Waals surface area (Å²) in [6, 6.07) is 7.20. The molecular weight excluding hydrogens is 294 g/mol. The topological polar surface area (TPSA) is 93.5 Å². The zero-order valence-electron chi connectivity index (χ0n) is 13.7. The molecule has 0 aliphatic heterocycles. The Morgan fingerprint density at radius 1 is 1.30 bits per heavy atom. The van der Waals surface area contributed by atoms with Gasteiger partial charge in [0.15, 0.2) is 0 Å². The highest BCUT2D eigenvalue weighted by atomic mass is 16.5. The second-order valence-electron chi connectivity index (χ2n) is 6.06. The number of benzene rings is 1. The Hall–Kier alpha value is -1.92. The molecule has 4 N–H and O–H groups in total. The molecule has 1 aromatic carbocycles. The van der Waals surface area contributed by atoms with Crippen LogP contribution in [0.3, 0.4) is 0 Å². The lowest BCUT2D eigenvalue weighted by Gasteiger charge is -2.15. The van der Waals surface area contributed by atoms with Crippen LogP contribution in [0.4, 0.5) is 11.4 Å². The third kappa shape index (κ3) is 5.04. The molecule has 1 unspecified atom stereocenters. The molecule has 1 aliphatic rings. The summed E-state index contributed by atoms with van der Waals surface area (Å²) in [5.74, 6) is -0.00516. The van der Waals surface area contributed by atoms with Gasteiger partial charge in [0.2, 0.25) is 5.91 Å². The number of hydrogen-bond donors (Lipinski definition) is 3. The van der Waals surface area contributed by atoms with Crippen LogP contribution in [0.2, 0.25) is 0 Å². The zero-order chi connectivity index (χ0) is 16.8. The van der Waals surface area contributed by atoms with Crippen molar-refractivity contribution < 1.29 is 14.3 Å². The fourth-order valence-corrected chi connectivity index (χ4v) is 2.79. The van der Waals surface area contributed by atoms with Gasteiger partial charge in [0.25, 0.3) is 5.91 Å². The van der Waals surface area contributed by atoms with E-state index in [0.29, 0.717) is 17.8 Å². The fourth-order valence-electron chi connectivity index (χ4n) is 2.79. The Balaban J connectivity index is 1.91. The minimum atomic E-state index is -0.530. The molecule has 2 rings (SSSR count). The standard InChI is InChI=1S/C17H25N3O3/c1-11(23-2)17(22)20-14-7-4-6-13(10-14)19-16(21)9-12-5-3-8-15(12)18/h4,6-7,10-12,15H,3,5,8-9,18H2,1-2H3,(H,19,21)(H,20,22)/t11?,12-,15+/m0/s1. The molecule has 126 valence electrons. The molecule has 1 fully saturated rings. The molecule has 23 heavy (non-hydrogen) atoms. The zero-order valence-corrected chi connectivity index (χ0v) is 13.7. The second kappa shape index (κ2) is 8.08. The van der Waals surface area contributed by atoms with Gasteiger partial charge in [0, 0.05) is 30.9 Å². The minimum Gasteiger partial charge on any atom is -0.372 e. The molecule has 0 bridgehead atoms. The van der Waals surface area contributed by atoms with E-state index >= 15 is 0 Å². The van der Waals surface area contributed by atoms with E-state index in [2.05, 4.69) is 10.6 Å². The number of nitrogens with one attached hydrogen (secondary N) is 2. The maximum atomic E-state index is 12.1. The number of carbonyl (C=O) groups is 2. The van der Waals surface area contributed by atoms with Gasteiger partial charge >= 0.3 is 0 Å². The monoisotopic (exact) mass is 319 g/mol. The van der Waals surface area contributed by atoms with E-state index in [1.54, 1.807) is 31.2 Å². The third-order valence-corrected chi connectivity index (χ3v) is 4.30. The lowest BCUT2D eigenvalue weighted by molar-refractivity contribution is -0.124. The second-order valence-corrected chi connectivity index (χ2v) is 6.06. The van der Waals surface area contributed by atoms with E-state index in [4.69, 9.17) is 10.5 Å². The third-order valence-electron chi connectivity index (χ3n) is 4.30. The molecule has 1 saturated carbocycles. The van der Waals surface area contributed by atoms with Gasteiger partial charge in [-0.1, -0.05) is 12.5 Å². The predicted molar refractivity (Wildman–Crippen MR) is 90.1 cm³/mol. The first-order valence-electron chi connectivity index (χ1n) is 7.98. The Morgan fingerprint density at radius 2 is 2.00 bits per heavy atom. The van der Waals surface area contributed by atoms with Gasteiger partial charge in [0.05, 0.1) is 0 Å². The highest BCUT2D eigenvalue weighted by Crippen LogP contribution is 2.27. The van der Waals surface area contributed by atoms with Crippen molar-refractivity contribution in [2.24, 2.45) is 11.7 Å². The van der Waals surface area contributed by atoms with Crippen molar-refractivity contribution in [3.63, 3.8) is 0 Å². The summed E-state index contributed by atoms with van der Waals surface area (Å²) in [6.07, 6.45) is 3.02. The molecule has 6 nitrogen and oxygen atoms in total. The van der Waals surface area contributed by atoms with Crippen molar-refractivity contribution in [1.82, 2.24) is 0 Å². The van der Waals surface area contributed by atoms with Crippen LogP contribution in [0, 0.1) is 5.92 Å². The van der Waals surface area contributed by atoms with Gasteiger partial charge in [-0.3, -0.25) is 9.59 Å². The Bertz CT molecular complexity index is 562. The quantitative estimate of drug-likeness (QED) is 0.748. The van der Waals surface area contributed by atoms with Crippen molar-refractivity contribution in [2.45, 2.75) is 44.8 Å². The van der Waals surface area contributed by atoms with E-state index < -0.39 is 6.10 Å². The van der Waals surface area contributed by atoms with Crippen molar-refractivity contribution in [3.05, 3.63) is 24.3 Å². The Kier molecular flexibility index (Phi) is 6.12. The highest BCUT2D eigenvalue weighted by Gasteiger charge is 2.26. The number of amides is 2. The van der Waals surface area contributed by atoms with Crippen LogP contribution in [0.5, 0.6) is 0 Å². The molecule has 0 saturated heterocycles. The molecular formula is C17H25N3O3. The van der Waals surface area contributed by atoms with E-state index in [-0.39, 0.29) is 23.8 Å². The SMILES string of the molecule is COC(C)C(=O)Nc1cccc(NC(=O)C[C@@H]2CCC[C@H]2N)c1. The summed E-state index contributed by atoms with van der Waals surface area (Å²) in [6.45, 7) is 1.67. The highest BCUT2D eigenvalue weighted by molar-refractivity contribution is 5.95. The van der Waals surface area contributed by atoms with Gasteiger partial charge in [-0.15, -0.1) is 0 Å². The maximum Gasteiger partial charge on any atom is 0.253 e. The molecule has 1 aromatic rings. The van der Waals surface area contributed by atoms with E-state index in [0.717, 1.165) is 19.3 Å². The summed E-state index contributed by atoms with van der Waals surface area (Å²) in [4.78, 5) is 23.9. The summed E-state index contributed by atoms with van der Waals surface area (Å²) < 4.78 is 4.97. The van der Waals surface area contributed by atoms with Crippen molar-refractivity contribution >= 4 is 23.2 Å². The lowest BCUT2D eigenvalue weighted by atomic mass is 10.00. The number of ether oxygens (including phenoxy) is 1. The van der Waals surface area contributed by atoms with Crippen LogP contribution in [0.1, 0.15) is 32.6 Å². The molecule has 6 heteroatoms. The summed E-state index contributed by atoms with van der Waals surface area (Å²) >= 11 is 0. The number of nitrogens with two attached hydrogens (primary N) is 1. The van der Waals surface area contributed by atoms with Crippen LogP contribution in [-0.4, -0.2) is 31.1 Å². The average molecular weight is 319 g/mol. The van der Waals surface area contributed by atoms with Gasteiger partial charge < -0.3 is 21.1 Å². The fraction of sp³-hybridized carbons (Fsp3) is 0.529. The summed E-state index contributed by atoms with van der Waals surface area (Å²) in [7, 11) is 1.48. The van der Waals surface area contributed by atoms with Crippen LogP contribution < -0.4 is 16.4 Å². The van der Waals surface area contributed by atoms with Gasteiger partial charge in [-0.05, 0) is 43.9 Å². The van der Waals surface area contributed by atoms with Crippen molar-refractivity contribution in [2.75, 3.05) is 17.7 Å². The van der Waals surface area contributed by atoms with Crippen LogP contribution in [0.25, 0.3) is 0 Å². The summed E-state index contributed by atoms with van der Waals surface area (Å²) in [5, 5.41) is 5.62. The van der Waals surface area contributed by atoms with Gasteiger partial charge in [0.1, 0.15) is 6.10 Å². The number of rotatable bonds is 6. The molecule has 0 radical (unpaired) electrons. The molecule has 3 atom stereocenters. The minimum absolute atomic E-state index is 0.0407. The summed E-state index contributed by atoms with van der Waals surface area (Å²) in [5.41, 5.74) is 7.28. The van der Waals surface area contributed by atoms with Crippen molar-refractivity contribution in [3.8, 4) is 0 Å². The number of carbonyl (C=O) groups excluding carboxylic acids is 2. The molecule has 2 amide bonds. The van der Waals surface area contributed by atoms with Crippen molar-refractivity contribution in [1.29, 1.82) is 0 Å². The first-order valence-corrected chi connectivity index (χ1v) is 7.98. The maximum absolute atomic E-state index is 12.1. The van der Waals surface area contributed by atoms with E-state index in [1.165, 1.54) is 7.11 Å². The Morgan fingerprint density at radius 3 is 2.61 bits per heavy atom. The Labute approximate surface area is 136 Å². The number of methoxy groups -OCH3 is 1. The van der Waals surface area contributed by atoms with Crippen LogP contribution in [-0.2, 0) is 14.3 Å². The van der Waals surface area contributed by atoms with E-state index in [9.17, 15) is 9.59 Å². The van der Waals surface area contributed by atoms with Crippen LogP contribution in [0.15, 0.2) is 24.3 Å². The molecule has 0 aromatic heterocycles. The predicted octanol–water partition coefficient (Wildman–Crippen LogP) is 2.12. The lowest BCUT2D eigenvalue weighted by Crippen LogP contribution is -2.28. The average Bonchev–Trinajstić information content (AvgIpc) is 2.91. The molecule has 0 spiro atoms. The first kappa shape index (κ1) is 17.4.